The van der Waals surface area contributed by atoms with Crippen LogP contribution in [-0.2, 0) is 0 Å². The SMILES string of the molecule is OC1[CH]NCC1. The van der Waals surface area contributed by atoms with Crippen molar-refractivity contribution in [2.24, 2.45) is 0 Å². The molecule has 0 amide bonds. The van der Waals surface area contributed by atoms with Crippen LogP contribution >= 0.6 is 0 Å². The summed E-state index contributed by atoms with van der Waals surface area (Å²) in [5, 5.41) is 11.5. The fourth-order valence-electron chi connectivity index (χ4n) is 0.534. The van der Waals surface area contributed by atoms with E-state index in [9.17, 15) is 0 Å². The van der Waals surface area contributed by atoms with E-state index in [-0.39, 0.29) is 6.10 Å². The number of nitrogens with one attached hydrogen (secondary N) is 1. The molecule has 0 saturated carbocycles. The molecule has 2 heteroatoms. The molecule has 1 aliphatic rings. The van der Waals surface area contributed by atoms with E-state index in [1.54, 1.807) is 6.54 Å². The topological polar surface area (TPSA) is 32.3 Å². The summed E-state index contributed by atoms with van der Waals surface area (Å²) < 4.78 is 0. The highest BCUT2D eigenvalue weighted by atomic mass is 16.3. The lowest BCUT2D eigenvalue weighted by Crippen LogP contribution is -2.03. The Morgan fingerprint density at radius 3 is 2.83 bits per heavy atom. The Kier molecular flexibility index (Phi) is 1.08. The summed E-state index contributed by atoms with van der Waals surface area (Å²) in [4.78, 5) is 0. The third kappa shape index (κ3) is 0.698. The minimum Gasteiger partial charge on any atom is -0.391 e. The maximum absolute atomic E-state index is 8.61. The molecule has 1 unspecified atom stereocenters. The van der Waals surface area contributed by atoms with Gasteiger partial charge in [-0.15, -0.1) is 0 Å². The Morgan fingerprint density at radius 2 is 2.67 bits per heavy atom. The standard InChI is InChI=1S/C4H8NO/c6-4-1-2-5-3-4/h3-6H,1-2H2. The third-order valence-corrected chi connectivity index (χ3v) is 0.895. The van der Waals surface area contributed by atoms with Gasteiger partial charge in [-0.1, -0.05) is 0 Å². The van der Waals surface area contributed by atoms with Gasteiger partial charge in [-0.2, -0.15) is 0 Å². The van der Waals surface area contributed by atoms with E-state index in [4.69, 9.17) is 5.11 Å². The van der Waals surface area contributed by atoms with E-state index in [2.05, 4.69) is 5.32 Å². The quantitative estimate of drug-likeness (QED) is 0.416. The van der Waals surface area contributed by atoms with Crippen LogP contribution in [0.1, 0.15) is 6.42 Å². The second kappa shape index (κ2) is 1.58. The van der Waals surface area contributed by atoms with E-state index in [0.29, 0.717) is 0 Å². The zero-order valence-corrected chi connectivity index (χ0v) is 3.52. The van der Waals surface area contributed by atoms with Crippen molar-refractivity contribution in [2.45, 2.75) is 12.5 Å². The number of aliphatic hydroxyl groups excluding tert-OH is 1. The first-order valence-corrected chi connectivity index (χ1v) is 2.14. The average molecular weight is 86.1 g/mol. The number of aliphatic hydroxyl groups is 1. The van der Waals surface area contributed by atoms with Crippen molar-refractivity contribution in [2.75, 3.05) is 6.54 Å². The summed E-state index contributed by atoms with van der Waals surface area (Å²) in [5.41, 5.74) is 0. The van der Waals surface area contributed by atoms with E-state index in [1.165, 1.54) is 0 Å². The van der Waals surface area contributed by atoms with Gasteiger partial charge in [-0.05, 0) is 13.0 Å². The van der Waals surface area contributed by atoms with Crippen LogP contribution in [0.15, 0.2) is 0 Å². The van der Waals surface area contributed by atoms with Crippen molar-refractivity contribution in [1.29, 1.82) is 0 Å². The van der Waals surface area contributed by atoms with E-state index in [0.717, 1.165) is 13.0 Å². The zero-order valence-electron chi connectivity index (χ0n) is 3.52. The maximum Gasteiger partial charge on any atom is 0.0721 e. The van der Waals surface area contributed by atoms with Gasteiger partial charge in [-0.3, -0.25) is 0 Å². The van der Waals surface area contributed by atoms with Crippen LogP contribution in [0.5, 0.6) is 0 Å². The van der Waals surface area contributed by atoms with E-state index in [1.807, 2.05) is 0 Å². The van der Waals surface area contributed by atoms with Gasteiger partial charge in [0.05, 0.1) is 12.6 Å². The maximum atomic E-state index is 8.61. The lowest BCUT2D eigenvalue weighted by atomic mass is 10.3. The molecule has 1 saturated heterocycles. The lowest BCUT2D eigenvalue weighted by molar-refractivity contribution is 0.216. The predicted molar refractivity (Wildman–Crippen MR) is 22.9 cm³/mol. The van der Waals surface area contributed by atoms with Gasteiger partial charge in [0.2, 0.25) is 0 Å². The summed E-state index contributed by atoms with van der Waals surface area (Å²) in [6, 6.07) is 0. The van der Waals surface area contributed by atoms with Gasteiger partial charge in [0, 0.05) is 0 Å². The van der Waals surface area contributed by atoms with Crippen LogP contribution in [0.2, 0.25) is 0 Å². The Balaban J connectivity index is 2.18. The normalized spacial score (nSPS) is 34.5. The van der Waals surface area contributed by atoms with Crippen LogP contribution in [0.4, 0.5) is 0 Å². The van der Waals surface area contributed by atoms with Gasteiger partial charge < -0.3 is 10.4 Å². The van der Waals surface area contributed by atoms with Crippen molar-refractivity contribution < 1.29 is 5.11 Å². The van der Waals surface area contributed by atoms with E-state index < -0.39 is 0 Å². The molecule has 6 heavy (non-hydrogen) atoms. The van der Waals surface area contributed by atoms with E-state index >= 15 is 0 Å². The van der Waals surface area contributed by atoms with Gasteiger partial charge in [0.25, 0.3) is 0 Å². The molecule has 0 aromatic rings. The molecule has 1 fully saturated rings. The molecule has 0 aromatic carbocycles. The Bertz CT molecular complexity index is 40.8. The van der Waals surface area contributed by atoms with Crippen molar-refractivity contribution in [1.82, 2.24) is 5.32 Å². The highest BCUT2D eigenvalue weighted by molar-refractivity contribution is 4.80. The first-order chi connectivity index (χ1) is 2.89. The summed E-state index contributed by atoms with van der Waals surface area (Å²) in [6.45, 7) is 2.64. The monoisotopic (exact) mass is 86.1 g/mol. The number of hydrogen-bond donors (Lipinski definition) is 2. The summed E-state index contributed by atoms with van der Waals surface area (Å²) >= 11 is 0. The molecular formula is C4H8NO. The molecular weight excluding hydrogens is 78.0 g/mol. The molecule has 0 aliphatic carbocycles. The van der Waals surface area contributed by atoms with Crippen molar-refractivity contribution in [3.63, 3.8) is 0 Å². The third-order valence-electron chi connectivity index (χ3n) is 0.895. The second-order valence-corrected chi connectivity index (χ2v) is 1.48. The smallest absolute Gasteiger partial charge is 0.0721 e. The van der Waals surface area contributed by atoms with Crippen LogP contribution in [0, 0.1) is 6.54 Å². The Morgan fingerprint density at radius 1 is 1.83 bits per heavy atom. The molecule has 1 rings (SSSR count). The molecule has 2 N–H and O–H groups in total. The molecule has 35 valence electrons. The van der Waals surface area contributed by atoms with Crippen molar-refractivity contribution in [3.8, 4) is 0 Å². The highest BCUT2D eigenvalue weighted by Gasteiger charge is 2.08. The minimum absolute atomic E-state index is 0.190. The summed E-state index contributed by atoms with van der Waals surface area (Å²) in [7, 11) is 0. The largest absolute Gasteiger partial charge is 0.391 e. The fraction of sp³-hybridized carbons (Fsp3) is 0.750. The Labute approximate surface area is 37.2 Å². The van der Waals surface area contributed by atoms with Gasteiger partial charge in [0.1, 0.15) is 0 Å². The van der Waals surface area contributed by atoms with Gasteiger partial charge >= 0.3 is 0 Å². The van der Waals surface area contributed by atoms with Crippen LogP contribution in [0.25, 0.3) is 0 Å². The molecule has 0 aromatic heterocycles. The summed E-state index contributed by atoms with van der Waals surface area (Å²) in [5.74, 6) is 0. The predicted octanol–water partition coefficient (Wildman–Crippen LogP) is -0.498. The van der Waals surface area contributed by atoms with Crippen molar-refractivity contribution >= 4 is 0 Å². The molecule has 2 nitrogen and oxygen atoms in total. The lowest BCUT2D eigenvalue weighted by Gasteiger charge is -1.89. The molecule has 0 spiro atoms. The molecule has 1 radical (unpaired) electrons. The average Bonchev–Trinajstić information content (AvgIpc) is 1.86. The number of rotatable bonds is 0. The number of hydrogen-bond acceptors (Lipinski definition) is 2. The van der Waals surface area contributed by atoms with Gasteiger partial charge in [-0.25, -0.2) is 0 Å². The molecule has 1 atom stereocenters. The fourth-order valence-corrected chi connectivity index (χ4v) is 0.534. The highest BCUT2D eigenvalue weighted by Crippen LogP contribution is 1.98. The van der Waals surface area contributed by atoms with Crippen LogP contribution in [0.3, 0.4) is 0 Å². The molecule has 0 bridgehead atoms. The second-order valence-electron chi connectivity index (χ2n) is 1.48. The zero-order chi connectivity index (χ0) is 4.41. The molecule has 1 aliphatic heterocycles. The minimum atomic E-state index is -0.190. The van der Waals surface area contributed by atoms with Crippen molar-refractivity contribution in [3.05, 3.63) is 6.54 Å². The first kappa shape index (κ1) is 4.09. The first-order valence-electron chi connectivity index (χ1n) is 2.14. The van der Waals surface area contributed by atoms with Crippen LogP contribution < -0.4 is 5.32 Å². The van der Waals surface area contributed by atoms with Gasteiger partial charge in [0.15, 0.2) is 0 Å². The van der Waals surface area contributed by atoms with Crippen LogP contribution in [-0.4, -0.2) is 17.8 Å². The Hall–Kier alpha value is -0.0800. The summed E-state index contributed by atoms with van der Waals surface area (Å²) in [6.07, 6.45) is 0.685. The molecule has 1 heterocycles.